The van der Waals surface area contributed by atoms with Crippen LogP contribution in [0.15, 0.2) is 23.1 Å². The number of nitro groups is 1. The first kappa shape index (κ1) is 12.3. The fraction of sp³-hybridized carbons (Fsp3) is 0.333. The van der Waals surface area contributed by atoms with Gasteiger partial charge in [0.2, 0.25) is 10.0 Å². The summed E-state index contributed by atoms with van der Waals surface area (Å²) in [5.41, 5.74) is -0.236. The molecule has 1 fully saturated rings. The minimum absolute atomic E-state index is 0.0359. The second kappa shape index (κ2) is 4.25. The van der Waals surface area contributed by atoms with E-state index in [0.29, 0.717) is 0 Å². The predicted molar refractivity (Wildman–Crippen MR) is 61.4 cm³/mol. The van der Waals surface area contributed by atoms with E-state index in [2.05, 4.69) is 4.72 Å². The van der Waals surface area contributed by atoms with Gasteiger partial charge in [0, 0.05) is 18.2 Å². The molecular weight excluding hydrogens is 268 g/mol. The summed E-state index contributed by atoms with van der Waals surface area (Å²) in [4.78, 5) is 9.73. The number of benzene rings is 1. The van der Waals surface area contributed by atoms with Crippen LogP contribution in [0.1, 0.15) is 12.8 Å². The fourth-order valence-electron chi connectivity index (χ4n) is 1.31. The Hall–Kier alpha value is -1.18. The smallest absolute Gasteiger partial charge is 0.258 e. The van der Waals surface area contributed by atoms with Crippen LogP contribution >= 0.6 is 11.6 Å². The van der Waals surface area contributed by atoms with Crippen molar-refractivity contribution in [3.8, 4) is 0 Å². The van der Waals surface area contributed by atoms with Crippen LogP contribution in [0.25, 0.3) is 0 Å². The molecule has 0 heterocycles. The van der Waals surface area contributed by atoms with Gasteiger partial charge < -0.3 is 0 Å². The Morgan fingerprint density at radius 3 is 2.53 bits per heavy atom. The van der Waals surface area contributed by atoms with E-state index < -0.39 is 14.9 Å². The van der Waals surface area contributed by atoms with Gasteiger partial charge in [0.05, 0.1) is 9.95 Å². The summed E-state index contributed by atoms with van der Waals surface area (Å²) in [6.07, 6.45) is 1.62. The Morgan fingerprint density at radius 1 is 1.41 bits per heavy atom. The number of non-ortho nitro benzene ring substituents is 1. The zero-order valence-corrected chi connectivity index (χ0v) is 10.2. The van der Waals surface area contributed by atoms with Crippen LogP contribution in [0.4, 0.5) is 5.69 Å². The van der Waals surface area contributed by atoms with Gasteiger partial charge in [-0.1, -0.05) is 11.6 Å². The molecular formula is C9H9ClN2O4S. The van der Waals surface area contributed by atoms with Gasteiger partial charge in [-0.25, -0.2) is 13.1 Å². The van der Waals surface area contributed by atoms with Gasteiger partial charge in [0.25, 0.3) is 5.69 Å². The maximum Gasteiger partial charge on any atom is 0.271 e. The van der Waals surface area contributed by atoms with Gasteiger partial charge in [-0.15, -0.1) is 0 Å². The van der Waals surface area contributed by atoms with Crippen molar-refractivity contribution in [2.24, 2.45) is 0 Å². The van der Waals surface area contributed by atoms with E-state index in [1.165, 1.54) is 0 Å². The predicted octanol–water partition coefficient (Wildman–Crippen LogP) is 1.69. The van der Waals surface area contributed by atoms with E-state index in [1.807, 2.05) is 0 Å². The molecule has 0 aromatic heterocycles. The van der Waals surface area contributed by atoms with Gasteiger partial charge in [-0.3, -0.25) is 10.1 Å². The minimum Gasteiger partial charge on any atom is -0.258 e. The van der Waals surface area contributed by atoms with Crippen LogP contribution in [0, 0.1) is 10.1 Å². The van der Waals surface area contributed by atoms with Gasteiger partial charge in [0.1, 0.15) is 4.90 Å². The van der Waals surface area contributed by atoms with Crippen molar-refractivity contribution in [1.29, 1.82) is 0 Å². The van der Waals surface area contributed by atoms with Crippen LogP contribution in [-0.4, -0.2) is 19.4 Å². The van der Waals surface area contributed by atoms with E-state index >= 15 is 0 Å². The highest BCUT2D eigenvalue weighted by Gasteiger charge is 2.29. The second-order valence-corrected chi connectivity index (χ2v) is 5.86. The molecule has 0 amide bonds. The lowest BCUT2D eigenvalue weighted by Crippen LogP contribution is -2.25. The van der Waals surface area contributed by atoms with Crippen LogP contribution in [0.2, 0.25) is 5.02 Å². The molecule has 8 heteroatoms. The van der Waals surface area contributed by atoms with E-state index in [0.717, 1.165) is 31.0 Å². The molecule has 0 aliphatic heterocycles. The topological polar surface area (TPSA) is 89.3 Å². The number of hydrogen-bond donors (Lipinski definition) is 1. The number of hydrogen-bond acceptors (Lipinski definition) is 4. The molecule has 6 nitrogen and oxygen atoms in total. The summed E-state index contributed by atoms with van der Waals surface area (Å²) in [6.45, 7) is 0. The summed E-state index contributed by atoms with van der Waals surface area (Å²) in [7, 11) is -3.67. The average molecular weight is 277 g/mol. The number of nitrogens with zero attached hydrogens (tertiary/aromatic N) is 1. The maximum absolute atomic E-state index is 11.8. The molecule has 17 heavy (non-hydrogen) atoms. The molecule has 1 aromatic carbocycles. The van der Waals surface area contributed by atoms with Crippen molar-refractivity contribution >= 4 is 27.3 Å². The highest BCUT2D eigenvalue weighted by Crippen LogP contribution is 2.28. The zero-order valence-electron chi connectivity index (χ0n) is 8.59. The standard InChI is InChI=1S/C9H9ClN2O4S/c10-8-5-7(12(13)14)3-4-9(8)17(15,16)11-6-1-2-6/h3-6,11H,1-2H2. The van der Waals surface area contributed by atoms with E-state index in [9.17, 15) is 18.5 Å². The Balaban J connectivity index is 2.35. The lowest BCUT2D eigenvalue weighted by Gasteiger charge is -2.06. The second-order valence-electron chi connectivity index (χ2n) is 3.77. The van der Waals surface area contributed by atoms with Crippen molar-refractivity contribution < 1.29 is 13.3 Å². The van der Waals surface area contributed by atoms with Crippen molar-refractivity contribution in [2.45, 2.75) is 23.8 Å². The average Bonchev–Trinajstić information content (AvgIpc) is 3.00. The van der Waals surface area contributed by atoms with Gasteiger partial charge >= 0.3 is 0 Å². The largest absolute Gasteiger partial charge is 0.271 e. The lowest BCUT2D eigenvalue weighted by atomic mass is 10.3. The van der Waals surface area contributed by atoms with Gasteiger partial charge in [-0.2, -0.15) is 0 Å². The van der Waals surface area contributed by atoms with E-state index in [1.54, 1.807) is 0 Å². The minimum atomic E-state index is -3.67. The highest BCUT2D eigenvalue weighted by molar-refractivity contribution is 7.89. The summed E-state index contributed by atoms with van der Waals surface area (Å²) >= 11 is 5.74. The molecule has 92 valence electrons. The molecule has 0 spiro atoms. The molecule has 1 N–H and O–H groups in total. The molecule has 1 aromatic rings. The zero-order chi connectivity index (χ0) is 12.6. The maximum atomic E-state index is 11.8. The molecule has 0 atom stereocenters. The van der Waals surface area contributed by atoms with Crippen molar-refractivity contribution in [1.82, 2.24) is 4.72 Å². The quantitative estimate of drug-likeness (QED) is 0.669. The van der Waals surface area contributed by atoms with Crippen LogP contribution in [-0.2, 0) is 10.0 Å². The van der Waals surface area contributed by atoms with Crippen LogP contribution in [0.5, 0.6) is 0 Å². The number of sulfonamides is 1. The number of nitro benzene ring substituents is 1. The van der Waals surface area contributed by atoms with Gasteiger partial charge in [0.15, 0.2) is 0 Å². The lowest BCUT2D eigenvalue weighted by molar-refractivity contribution is -0.384. The SMILES string of the molecule is O=[N+]([O-])c1ccc(S(=O)(=O)NC2CC2)c(Cl)c1. The first-order valence-corrected chi connectivity index (χ1v) is 6.72. The van der Waals surface area contributed by atoms with E-state index in [-0.39, 0.29) is 21.6 Å². The Bertz CT molecular complexity index is 568. The molecule has 0 radical (unpaired) electrons. The van der Waals surface area contributed by atoms with Crippen molar-refractivity contribution in [2.75, 3.05) is 0 Å². The van der Waals surface area contributed by atoms with Crippen molar-refractivity contribution in [3.63, 3.8) is 0 Å². The molecule has 0 bridgehead atoms. The first-order valence-electron chi connectivity index (χ1n) is 4.86. The summed E-state index contributed by atoms with van der Waals surface area (Å²) < 4.78 is 26.1. The summed E-state index contributed by atoms with van der Waals surface area (Å²) in [5, 5.41) is 10.3. The third-order valence-electron chi connectivity index (χ3n) is 2.31. The monoisotopic (exact) mass is 276 g/mol. The Morgan fingerprint density at radius 2 is 2.06 bits per heavy atom. The summed E-state index contributed by atoms with van der Waals surface area (Å²) in [5.74, 6) is 0. The molecule has 0 saturated heterocycles. The molecule has 1 aliphatic rings. The first-order chi connectivity index (χ1) is 7.90. The highest BCUT2D eigenvalue weighted by atomic mass is 35.5. The molecule has 0 unspecified atom stereocenters. The van der Waals surface area contributed by atoms with Crippen LogP contribution in [0.3, 0.4) is 0 Å². The number of nitrogens with one attached hydrogen (secondary N) is 1. The molecule has 1 saturated carbocycles. The molecule has 2 rings (SSSR count). The van der Waals surface area contributed by atoms with E-state index in [4.69, 9.17) is 11.6 Å². The van der Waals surface area contributed by atoms with Crippen LogP contribution < -0.4 is 4.72 Å². The Kier molecular flexibility index (Phi) is 3.07. The van der Waals surface area contributed by atoms with Crippen molar-refractivity contribution in [3.05, 3.63) is 33.3 Å². The number of rotatable bonds is 4. The third-order valence-corrected chi connectivity index (χ3v) is 4.32. The summed E-state index contributed by atoms with van der Waals surface area (Å²) in [6, 6.07) is 3.26. The normalized spacial score (nSPS) is 15.8. The van der Waals surface area contributed by atoms with Gasteiger partial charge in [-0.05, 0) is 18.9 Å². The third kappa shape index (κ3) is 2.74. The Labute approximate surface area is 103 Å². The fourth-order valence-corrected chi connectivity index (χ4v) is 3.15. The molecule has 1 aliphatic carbocycles. The number of halogens is 1.